The summed E-state index contributed by atoms with van der Waals surface area (Å²) in [5.74, 6) is 0.248. The first-order chi connectivity index (χ1) is 11.8. The van der Waals surface area contributed by atoms with Crippen LogP contribution in [0.1, 0.15) is 25.0 Å². The third-order valence-electron chi connectivity index (χ3n) is 4.12. The quantitative estimate of drug-likeness (QED) is 0.820. The normalized spacial score (nSPS) is 15.2. The minimum atomic E-state index is -1.14. The van der Waals surface area contributed by atoms with Crippen LogP contribution < -0.4 is 10.1 Å². The second-order valence-electron chi connectivity index (χ2n) is 6.25. The number of nitrogens with one attached hydrogen (secondary N) is 1. The Kier molecular flexibility index (Phi) is 4.08. The van der Waals surface area contributed by atoms with E-state index in [1.807, 2.05) is 13.8 Å². The summed E-state index contributed by atoms with van der Waals surface area (Å²) in [4.78, 5) is 10.9. The first kappa shape index (κ1) is 16.8. The Hall–Kier alpha value is -3.08. The highest BCUT2D eigenvalue weighted by atomic mass is 19.1. The molecule has 0 bridgehead atoms. The van der Waals surface area contributed by atoms with Crippen LogP contribution in [0.15, 0.2) is 60.7 Å². The summed E-state index contributed by atoms with van der Waals surface area (Å²) in [5, 5.41) is 11.2. The number of ether oxygens (including phenoxy) is 1. The Morgan fingerprint density at radius 2 is 1.92 bits per heavy atom. The number of carbonyl (C=O) groups is 1. The summed E-state index contributed by atoms with van der Waals surface area (Å²) in [5.41, 5.74) is 3.17. The molecule has 0 aromatic heterocycles. The Morgan fingerprint density at radius 1 is 1.24 bits per heavy atom. The minimum Gasteiger partial charge on any atom is -0.482 e. The zero-order chi connectivity index (χ0) is 18.2. The van der Waals surface area contributed by atoms with E-state index in [0.717, 1.165) is 22.3 Å². The van der Waals surface area contributed by atoms with Gasteiger partial charge in [-0.05, 0) is 49.2 Å². The summed E-state index contributed by atoms with van der Waals surface area (Å²) in [7, 11) is 0. The molecular formula is C20H18FNO3. The van der Waals surface area contributed by atoms with Crippen molar-refractivity contribution in [2.75, 3.05) is 5.32 Å². The van der Waals surface area contributed by atoms with E-state index in [9.17, 15) is 9.18 Å². The number of anilines is 1. The molecule has 1 aliphatic rings. The van der Waals surface area contributed by atoms with Gasteiger partial charge in [-0.25, -0.2) is 9.18 Å². The minimum absolute atomic E-state index is 0.308. The van der Waals surface area contributed by atoms with Crippen LogP contribution in [0, 0.1) is 5.82 Å². The molecular weight excluding hydrogens is 321 g/mol. The van der Waals surface area contributed by atoms with Gasteiger partial charge < -0.3 is 9.84 Å². The largest absolute Gasteiger partial charge is 0.482 e. The molecule has 2 N–H and O–H groups in total. The number of benzene rings is 2. The van der Waals surface area contributed by atoms with Gasteiger partial charge in [0.25, 0.3) is 0 Å². The SMILES string of the molecule is C=CC1=C(c2ccc(F)cc2)c2ccc(NC(=O)O)cc2OC1(C)C. The predicted molar refractivity (Wildman–Crippen MR) is 95.4 cm³/mol. The van der Waals surface area contributed by atoms with Crippen LogP contribution in [-0.4, -0.2) is 16.8 Å². The van der Waals surface area contributed by atoms with Crippen molar-refractivity contribution in [3.05, 3.63) is 77.6 Å². The molecule has 0 atom stereocenters. The fraction of sp³-hybridized carbons (Fsp3) is 0.150. The fourth-order valence-electron chi connectivity index (χ4n) is 3.07. The average Bonchev–Trinajstić information content (AvgIpc) is 2.53. The van der Waals surface area contributed by atoms with Gasteiger partial charge in [-0.2, -0.15) is 0 Å². The highest BCUT2D eigenvalue weighted by Gasteiger charge is 2.34. The van der Waals surface area contributed by atoms with E-state index in [4.69, 9.17) is 9.84 Å². The molecule has 0 saturated carbocycles. The van der Waals surface area contributed by atoms with Crippen molar-refractivity contribution in [1.82, 2.24) is 0 Å². The highest BCUT2D eigenvalue weighted by Crippen LogP contribution is 2.45. The summed E-state index contributed by atoms with van der Waals surface area (Å²) < 4.78 is 19.4. The van der Waals surface area contributed by atoms with Crippen molar-refractivity contribution in [1.29, 1.82) is 0 Å². The van der Waals surface area contributed by atoms with Crippen molar-refractivity contribution < 1.29 is 19.0 Å². The van der Waals surface area contributed by atoms with Gasteiger partial charge in [0.05, 0.1) is 0 Å². The second kappa shape index (κ2) is 6.09. The van der Waals surface area contributed by atoms with E-state index >= 15 is 0 Å². The second-order valence-corrected chi connectivity index (χ2v) is 6.25. The van der Waals surface area contributed by atoms with E-state index in [0.29, 0.717) is 11.4 Å². The molecule has 1 amide bonds. The lowest BCUT2D eigenvalue weighted by Crippen LogP contribution is -2.34. The number of amides is 1. The number of fused-ring (bicyclic) bond motifs is 1. The average molecular weight is 339 g/mol. The molecule has 0 aliphatic carbocycles. The van der Waals surface area contributed by atoms with Crippen molar-refractivity contribution >= 4 is 17.4 Å². The Labute approximate surface area is 145 Å². The van der Waals surface area contributed by atoms with Gasteiger partial charge in [0.1, 0.15) is 17.2 Å². The summed E-state index contributed by atoms with van der Waals surface area (Å²) in [6.07, 6.45) is 0.599. The van der Waals surface area contributed by atoms with Crippen LogP contribution in [0.2, 0.25) is 0 Å². The first-order valence-corrected chi connectivity index (χ1v) is 7.78. The van der Waals surface area contributed by atoms with Crippen molar-refractivity contribution in [3.8, 4) is 5.75 Å². The molecule has 128 valence electrons. The zero-order valence-corrected chi connectivity index (χ0v) is 14.0. The van der Waals surface area contributed by atoms with Gasteiger partial charge >= 0.3 is 6.09 Å². The lowest BCUT2D eigenvalue weighted by Gasteiger charge is -2.36. The van der Waals surface area contributed by atoms with E-state index in [-0.39, 0.29) is 5.82 Å². The molecule has 5 heteroatoms. The topological polar surface area (TPSA) is 58.6 Å². The predicted octanol–water partition coefficient (Wildman–Crippen LogP) is 5.07. The molecule has 3 rings (SSSR count). The van der Waals surface area contributed by atoms with Gasteiger partial charge in [0.2, 0.25) is 0 Å². The van der Waals surface area contributed by atoms with Gasteiger partial charge in [-0.1, -0.05) is 24.8 Å². The molecule has 25 heavy (non-hydrogen) atoms. The molecule has 1 heterocycles. The molecule has 2 aromatic carbocycles. The van der Waals surface area contributed by atoms with Crippen LogP contribution in [0.5, 0.6) is 5.75 Å². The van der Waals surface area contributed by atoms with Crippen molar-refractivity contribution in [3.63, 3.8) is 0 Å². The smallest absolute Gasteiger partial charge is 0.409 e. The molecule has 4 nitrogen and oxygen atoms in total. The van der Waals surface area contributed by atoms with Crippen LogP contribution in [0.4, 0.5) is 14.9 Å². The van der Waals surface area contributed by atoms with Crippen LogP contribution in [0.25, 0.3) is 5.57 Å². The summed E-state index contributed by atoms with van der Waals surface area (Å²) in [6, 6.07) is 11.3. The number of halogens is 1. The molecule has 0 unspecified atom stereocenters. The fourth-order valence-corrected chi connectivity index (χ4v) is 3.07. The number of hydrogen-bond donors (Lipinski definition) is 2. The third-order valence-corrected chi connectivity index (χ3v) is 4.12. The molecule has 2 aromatic rings. The zero-order valence-electron chi connectivity index (χ0n) is 14.0. The van der Waals surface area contributed by atoms with Crippen molar-refractivity contribution in [2.24, 2.45) is 0 Å². The Bertz CT molecular complexity index is 882. The Balaban J connectivity index is 2.22. The van der Waals surface area contributed by atoms with Gasteiger partial charge in [0, 0.05) is 22.9 Å². The number of carboxylic acid groups (broad SMARTS) is 1. The summed E-state index contributed by atoms with van der Waals surface area (Å²) >= 11 is 0. The van der Waals surface area contributed by atoms with Gasteiger partial charge in [-0.15, -0.1) is 0 Å². The lowest BCUT2D eigenvalue weighted by molar-refractivity contribution is 0.149. The third kappa shape index (κ3) is 3.13. The standard InChI is InChI=1S/C20H18FNO3/c1-4-16-18(12-5-7-13(21)8-6-12)15-10-9-14(22-19(23)24)11-17(15)25-20(16,2)3/h4-11,22H,1H2,2-3H3,(H,23,24). The first-order valence-electron chi connectivity index (χ1n) is 7.78. The maximum atomic E-state index is 13.3. The molecule has 0 radical (unpaired) electrons. The monoisotopic (exact) mass is 339 g/mol. The van der Waals surface area contributed by atoms with E-state index < -0.39 is 11.7 Å². The van der Waals surface area contributed by atoms with E-state index in [1.54, 1.807) is 36.4 Å². The molecule has 0 spiro atoms. The molecule has 1 aliphatic heterocycles. The van der Waals surface area contributed by atoms with Gasteiger partial charge in [-0.3, -0.25) is 5.32 Å². The highest BCUT2D eigenvalue weighted by molar-refractivity contribution is 5.90. The number of hydrogen-bond acceptors (Lipinski definition) is 2. The maximum Gasteiger partial charge on any atom is 0.409 e. The van der Waals surface area contributed by atoms with Crippen LogP contribution in [-0.2, 0) is 0 Å². The molecule has 0 fully saturated rings. The Morgan fingerprint density at radius 3 is 2.52 bits per heavy atom. The maximum absolute atomic E-state index is 13.3. The van der Waals surface area contributed by atoms with Gasteiger partial charge in [0.15, 0.2) is 0 Å². The van der Waals surface area contributed by atoms with E-state index in [2.05, 4.69) is 11.9 Å². The van der Waals surface area contributed by atoms with Crippen LogP contribution >= 0.6 is 0 Å². The lowest BCUT2D eigenvalue weighted by atomic mass is 9.82. The van der Waals surface area contributed by atoms with E-state index in [1.165, 1.54) is 12.1 Å². The van der Waals surface area contributed by atoms with Crippen LogP contribution in [0.3, 0.4) is 0 Å². The summed E-state index contributed by atoms with van der Waals surface area (Å²) in [6.45, 7) is 7.72. The number of rotatable bonds is 3. The molecule has 0 saturated heterocycles. The van der Waals surface area contributed by atoms with Crippen molar-refractivity contribution in [2.45, 2.75) is 19.4 Å².